The number of pyridine rings is 1. The van der Waals surface area contributed by atoms with Crippen LogP contribution in [0, 0.1) is 0 Å². The summed E-state index contributed by atoms with van der Waals surface area (Å²) in [6, 6.07) is 17.4. The molecule has 0 saturated heterocycles. The van der Waals surface area contributed by atoms with Crippen molar-refractivity contribution in [3.63, 3.8) is 0 Å². The van der Waals surface area contributed by atoms with Crippen molar-refractivity contribution in [1.82, 2.24) is 4.98 Å². The van der Waals surface area contributed by atoms with Gasteiger partial charge in [0.1, 0.15) is 6.10 Å². The highest BCUT2D eigenvalue weighted by Gasteiger charge is 2.13. The Morgan fingerprint density at radius 2 is 1.90 bits per heavy atom. The minimum Gasteiger partial charge on any atom is -0.386 e. The van der Waals surface area contributed by atoms with E-state index in [1.807, 2.05) is 54.6 Å². The minimum atomic E-state index is -0.639. The fraction of sp³-hybridized carbons (Fsp3) is 0.118. The first-order chi connectivity index (χ1) is 9.74. The van der Waals surface area contributed by atoms with Crippen LogP contribution in [-0.4, -0.2) is 10.1 Å². The molecular weight excluding hydrogens is 270 g/mol. The monoisotopic (exact) mass is 283 g/mol. The molecule has 0 fully saturated rings. The Morgan fingerprint density at radius 1 is 1.05 bits per heavy atom. The number of aromatic nitrogens is 1. The molecule has 1 heterocycles. The van der Waals surface area contributed by atoms with Crippen LogP contribution in [0.3, 0.4) is 0 Å². The van der Waals surface area contributed by atoms with E-state index in [1.54, 1.807) is 6.20 Å². The smallest absolute Gasteiger partial charge is 0.101 e. The summed E-state index contributed by atoms with van der Waals surface area (Å²) in [4.78, 5) is 4.34. The standard InChI is InChI=1S/C17H14ClNO/c18-14-6-3-4-12(10-14)11-16(20)17-15-7-2-1-5-13(15)8-9-19-17/h1-10,16,20H,11H2. The molecule has 0 saturated carbocycles. The van der Waals surface area contributed by atoms with Gasteiger partial charge in [0.15, 0.2) is 0 Å². The first kappa shape index (κ1) is 13.1. The molecule has 3 rings (SSSR count). The fourth-order valence-electron chi connectivity index (χ4n) is 2.39. The third kappa shape index (κ3) is 2.67. The predicted molar refractivity (Wildman–Crippen MR) is 81.9 cm³/mol. The number of aliphatic hydroxyl groups is 1. The lowest BCUT2D eigenvalue weighted by atomic mass is 10.0. The van der Waals surface area contributed by atoms with Crippen molar-refractivity contribution in [1.29, 1.82) is 0 Å². The van der Waals surface area contributed by atoms with E-state index in [0.717, 1.165) is 16.3 Å². The number of halogens is 1. The summed E-state index contributed by atoms with van der Waals surface area (Å²) in [7, 11) is 0. The van der Waals surface area contributed by atoms with Gasteiger partial charge in [0.25, 0.3) is 0 Å². The summed E-state index contributed by atoms with van der Waals surface area (Å²) in [5.41, 5.74) is 1.71. The molecule has 0 aliphatic rings. The molecule has 0 bridgehead atoms. The zero-order valence-corrected chi connectivity index (χ0v) is 11.6. The van der Waals surface area contributed by atoms with Gasteiger partial charge in [-0.25, -0.2) is 0 Å². The van der Waals surface area contributed by atoms with Crippen LogP contribution in [0.25, 0.3) is 10.8 Å². The van der Waals surface area contributed by atoms with Crippen molar-refractivity contribution in [2.75, 3.05) is 0 Å². The van der Waals surface area contributed by atoms with Crippen molar-refractivity contribution < 1.29 is 5.11 Å². The maximum absolute atomic E-state index is 10.5. The van der Waals surface area contributed by atoms with Gasteiger partial charge in [0.2, 0.25) is 0 Å². The van der Waals surface area contributed by atoms with Gasteiger partial charge in [-0.15, -0.1) is 0 Å². The number of hydrogen-bond acceptors (Lipinski definition) is 2. The average molecular weight is 284 g/mol. The van der Waals surface area contributed by atoms with Crippen molar-refractivity contribution in [2.45, 2.75) is 12.5 Å². The van der Waals surface area contributed by atoms with E-state index >= 15 is 0 Å². The minimum absolute atomic E-state index is 0.502. The van der Waals surface area contributed by atoms with Gasteiger partial charge < -0.3 is 5.11 Å². The Labute approximate surface area is 122 Å². The lowest BCUT2D eigenvalue weighted by Gasteiger charge is -2.13. The summed E-state index contributed by atoms with van der Waals surface area (Å²) >= 11 is 5.97. The molecule has 1 atom stereocenters. The van der Waals surface area contributed by atoms with Crippen molar-refractivity contribution in [2.24, 2.45) is 0 Å². The van der Waals surface area contributed by atoms with E-state index in [2.05, 4.69) is 4.98 Å². The van der Waals surface area contributed by atoms with Crippen molar-refractivity contribution in [3.05, 3.63) is 77.1 Å². The van der Waals surface area contributed by atoms with Crippen LogP contribution in [0.5, 0.6) is 0 Å². The van der Waals surface area contributed by atoms with E-state index in [-0.39, 0.29) is 0 Å². The van der Waals surface area contributed by atoms with Crippen LogP contribution >= 0.6 is 11.6 Å². The highest BCUT2D eigenvalue weighted by molar-refractivity contribution is 6.30. The summed E-state index contributed by atoms with van der Waals surface area (Å²) in [6.07, 6.45) is 1.60. The van der Waals surface area contributed by atoms with E-state index in [4.69, 9.17) is 11.6 Å². The molecule has 1 unspecified atom stereocenters. The largest absolute Gasteiger partial charge is 0.386 e. The van der Waals surface area contributed by atoms with Crippen LogP contribution < -0.4 is 0 Å². The molecule has 100 valence electrons. The first-order valence-corrected chi connectivity index (χ1v) is 6.88. The maximum atomic E-state index is 10.5. The molecule has 2 nitrogen and oxygen atoms in total. The van der Waals surface area contributed by atoms with Crippen molar-refractivity contribution >= 4 is 22.4 Å². The fourth-order valence-corrected chi connectivity index (χ4v) is 2.61. The van der Waals surface area contributed by atoms with Gasteiger partial charge in [-0.3, -0.25) is 4.98 Å². The summed E-state index contributed by atoms with van der Waals surface area (Å²) in [5, 5.41) is 13.2. The van der Waals surface area contributed by atoms with Gasteiger partial charge in [0.05, 0.1) is 5.69 Å². The van der Waals surface area contributed by atoms with E-state index in [1.165, 1.54) is 0 Å². The molecule has 1 N–H and O–H groups in total. The predicted octanol–water partition coefficient (Wildman–Crippen LogP) is 4.16. The van der Waals surface area contributed by atoms with Crippen LogP contribution in [-0.2, 0) is 6.42 Å². The zero-order valence-electron chi connectivity index (χ0n) is 10.8. The highest BCUT2D eigenvalue weighted by atomic mass is 35.5. The number of hydrogen-bond donors (Lipinski definition) is 1. The Kier molecular flexibility index (Phi) is 3.68. The molecule has 3 heteroatoms. The Balaban J connectivity index is 1.94. The third-order valence-corrected chi connectivity index (χ3v) is 3.57. The molecule has 0 radical (unpaired) electrons. The SMILES string of the molecule is OC(Cc1cccc(Cl)c1)c1nccc2ccccc12. The van der Waals surface area contributed by atoms with Gasteiger partial charge in [-0.05, 0) is 29.1 Å². The number of benzene rings is 2. The molecule has 3 aromatic rings. The van der Waals surface area contributed by atoms with Gasteiger partial charge >= 0.3 is 0 Å². The summed E-state index contributed by atoms with van der Waals surface area (Å²) in [6.45, 7) is 0. The third-order valence-electron chi connectivity index (χ3n) is 3.34. The molecule has 1 aromatic heterocycles. The second-order valence-electron chi connectivity index (χ2n) is 4.77. The Hall–Kier alpha value is -1.90. The molecule has 2 aromatic carbocycles. The number of nitrogens with zero attached hydrogens (tertiary/aromatic N) is 1. The zero-order chi connectivity index (χ0) is 13.9. The quantitative estimate of drug-likeness (QED) is 0.783. The van der Waals surface area contributed by atoms with E-state index in [0.29, 0.717) is 17.1 Å². The van der Waals surface area contributed by atoms with Crippen molar-refractivity contribution in [3.8, 4) is 0 Å². The summed E-state index contributed by atoms with van der Waals surface area (Å²) < 4.78 is 0. The normalized spacial score (nSPS) is 12.5. The Morgan fingerprint density at radius 3 is 2.75 bits per heavy atom. The van der Waals surface area contributed by atoms with Crippen LogP contribution in [0.15, 0.2) is 60.8 Å². The molecule has 0 aliphatic carbocycles. The first-order valence-electron chi connectivity index (χ1n) is 6.50. The van der Waals surface area contributed by atoms with Gasteiger partial charge in [-0.1, -0.05) is 48.0 Å². The molecule has 20 heavy (non-hydrogen) atoms. The van der Waals surface area contributed by atoms with Crippen LogP contribution in [0.4, 0.5) is 0 Å². The average Bonchev–Trinajstić information content (AvgIpc) is 2.46. The molecular formula is C17H14ClNO. The van der Waals surface area contributed by atoms with Crippen LogP contribution in [0.2, 0.25) is 5.02 Å². The number of rotatable bonds is 3. The second-order valence-corrected chi connectivity index (χ2v) is 5.20. The number of fused-ring (bicyclic) bond motifs is 1. The van der Waals surface area contributed by atoms with Crippen LogP contribution in [0.1, 0.15) is 17.4 Å². The number of aliphatic hydroxyl groups excluding tert-OH is 1. The highest BCUT2D eigenvalue weighted by Crippen LogP contribution is 2.25. The Bertz CT molecular complexity index is 736. The molecule has 0 spiro atoms. The van der Waals surface area contributed by atoms with Gasteiger partial charge in [0, 0.05) is 23.0 Å². The molecule has 0 aliphatic heterocycles. The second kappa shape index (κ2) is 5.61. The lowest BCUT2D eigenvalue weighted by Crippen LogP contribution is -2.05. The van der Waals surface area contributed by atoms with E-state index in [9.17, 15) is 5.11 Å². The lowest BCUT2D eigenvalue weighted by molar-refractivity contribution is 0.175. The van der Waals surface area contributed by atoms with E-state index < -0.39 is 6.10 Å². The summed E-state index contributed by atoms with van der Waals surface area (Å²) in [5.74, 6) is 0. The molecule has 0 amide bonds. The topological polar surface area (TPSA) is 33.1 Å². The van der Waals surface area contributed by atoms with Gasteiger partial charge in [-0.2, -0.15) is 0 Å². The maximum Gasteiger partial charge on any atom is 0.101 e.